The van der Waals surface area contributed by atoms with Gasteiger partial charge in [-0.2, -0.15) is 0 Å². The minimum atomic E-state index is 0.206. The molecule has 0 bridgehead atoms. The molecule has 2 heteroatoms. The number of nitrogens with one attached hydrogen (secondary N) is 1. The van der Waals surface area contributed by atoms with Crippen LogP contribution in [0.2, 0.25) is 0 Å². The van der Waals surface area contributed by atoms with Crippen LogP contribution in [-0.2, 0) is 6.42 Å². The molecule has 19 heavy (non-hydrogen) atoms. The lowest BCUT2D eigenvalue weighted by Gasteiger charge is -2.20. The summed E-state index contributed by atoms with van der Waals surface area (Å²) >= 11 is 0. The zero-order valence-corrected chi connectivity index (χ0v) is 12.9. The largest absolute Gasteiger partial charge is 0.489 e. The third kappa shape index (κ3) is 6.11. The molecule has 0 aliphatic rings. The fourth-order valence-electron chi connectivity index (χ4n) is 2.21. The van der Waals surface area contributed by atoms with Crippen molar-refractivity contribution < 1.29 is 4.74 Å². The molecular weight excluding hydrogens is 234 g/mol. The first-order valence-electron chi connectivity index (χ1n) is 7.68. The second kappa shape index (κ2) is 8.98. The second-order valence-electron chi connectivity index (χ2n) is 5.24. The van der Waals surface area contributed by atoms with Crippen LogP contribution >= 0.6 is 0 Å². The van der Waals surface area contributed by atoms with Gasteiger partial charge in [0.1, 0.15) is 11.9 Å². The molecule has 1 N–H and O–H groups in total. The molecule has 0 aliphatic carbocycles. The number of ether oxygens (including phenoxy) is 1. The standard InChI is InChI=1S/C17H29NO/c1-5-8-15-9-11-17(12-10-15)19-14(4)13-18-16(6-2)7-3/h9-12,14,16,18H,5-8,13H2,1-4H3. The molecule has 0 aliphatic heterocycles. The third-order valence-corrected chi connectivity index (χ3v) is 3.48. The molecule has 0 amide bonds. The van der Waals surface area contributed by atoms with Crippen molar-refractivity contribution in [2.45, 2.75) is 65.5 Å². The van der Waals surface area contributed by atoms with Crippen molar-refractivity contribution in [1.29, 1.82) is 0 Å². The van der Waals surface area contributed by atoms with E-state index in [2.05, 4.69) is 57.3 Å². The van der Waals surface area contributed by atoms with Crippen LogP contribution < -0.4 is 10.1 Å². The Labute approximate surface area is 118 Å². The predicted octanol–water partition coefficient (Wildman–Crippen LogP) is 4.18. The lowest BCUT2D eigenvalue weighted by molar-refractivity contribution is 0.210. The smallest absolute Gasteiger partial charge is 0.119 e. The molecule has 0 spiro atoms. The summed E-state index contributed by atoms with van der Waals surface area (Å²) in [5.41, 5.74) is 1.39. The van der Waals surface area contributed by atoms with Crippen LogP contribution in [-0.4, -0.2) is 18.7 Å². The van der Waals surface area contributed by atoms with E-state index in [0.717, 1.165) is 18.7 Å². The third-order valence-electron chi connectivity index (χ3n) is 3.48. The molecule has 0 aromatic heterocycles. The van der Waals surface area contributed by atoms with Gasteiger partial charge in [-0.15, -0.1) is 0 Å². The fourth-order valence-corrected chi connectivity index (χ4v) is 2.21. The van der Waals surface area contributed by atoms with Crippen LogP contribution in [0.1, 0.15) is 52.5 Å². The quantitative estimate of drug-likeness (QED) is 0.721. The Morgan fingerprint density at radius 2 is 1.68 bits per heavy atom. The van der Waals surface area contributed by atoms with Crippen molar-refractivity contribution in [3.8, 4) is 5.75 Å². The van der Waals surface area contributed by atoms with E-state index in [9.17, 15) is 0 Å². The molecule has 1 aromatic carbocycles. The van der Waals surface area contributed by atoms with E-state index in [1.807, 2.05) is 0 Å². The Balaban J connectivity index is 2.37. The molecule has 1 unspecified atom stereocenters. The van der Waals surface area contributed by atoms with Crippen molar-refractivity contribution in [1.82, 2.24) is 5.32 Å². The second-order valence-corrected chi connectivity index (χ2v) is 5.24. The van der Waals surface area contributed by atoms with Gasteiger partial charge in [-0.1, -0.05) is 39.3 Å². The number of benzene rings is 1. The molecule has 1 aromatic rings. The van der Waals surface area contributed by atoms with E-state index in [4.69, 9.17) is 4.74 Å². The first kappa shape index (κ1) is 16.0. The Morgan fingerprint density at radius 1 is 1.05 bits per heavy atom. The van der Waals surface area contributed by atoms with Crippen LogP contribution in [0, 0.1) is 0 Å². The lowest BCUT2D eigenvalue weighted by Crippen LogP contribution is -2.36. The van der Waals surface area contributed by atoms with Crippen molar-refractivity contribution in [2.75, 3.05) is 6.54 Å². The lowest BCUT2D eigenvalue weighted by atomic mass is 10.1. The highest BCUT2D eigenvalue weighted by Gasteiger charge is 2.07. The van der Waals surface area contributed by atoms with E-state index >= 15 is 0 Å². The summed E-state index contributed by atoms with van der Waals surface area (Å²) in [5.74, 6) is 0.971. The summed E-state index contributed by atoms with van der Waals surface area (Å²) in [4.78, 5) is 0. The normalized spacial score (nSPS) is 12.7. The zero-order valence-electron chi connectivity index (χ0n) is 12.9. The zero-order chi connectivity index (χ0) is 14.1. The van der Waals surface area contributed by atoms with Gasteiger partial charge in [0.05, 0.1) is 0 Å². The average molecular weight is 263 g/mol. The summed E-state index contributed by atoms with van der Waals surface area (Å²) in [6.45, 7) is 9.67. The maximum Gasteiger partial charge on any atom is 0.119 e. The minimum absolute atomic E-state index is 0.206. The predicted molar refractivity (Wildman–Crippen MR) is 82.9 cm³/mol. The topological polar surface area (TPSA) is 21.3 Å². The van der Waals surface area contributed by atoms with Crippen molar-refractivity contribution >= 4 is 0 Å². The summed E-state index contributed by atoms with van der Waals surface area (Å²) in [6.07, 6.45) is 4.89. The van der Waals surface area contributed by atoms with E-state index in [1.165, 1.54) is 24.8 Å². The molecule has 0 saturated heterocycles. The molecule has 0 heterocycles. The summed E-state index contributed by atoms with van der Waals surface area (Å²) < 4.78 is 5.92. The van der Waals surface area contributed by atoms with Gasteiger partial charge in [0.15, 0.2) is 0 Å². The number of rotatable bonds is 9. The van der Waals surface area contributed by atoms with Crippen LogP contribution in [0.3, 0.4) is 0 Å². The highest BCUT2D eigenvalue weighted by molar-refractivity contribution is 5.27. The van der Waals surface area contributed by atoms with E-state index in [0.29, 0.717) is 6.04 Å². The SMILES string of the molecule is CCCc1ccc(OC(C)CNC(CC)CC)cc1. The van der Waals surface area contributed by atoms with Gasteiger partial charge in [-0.25, -0.2) is 0 Å². The Kier molecular flexibility index (Phi) is 7.57. The number of hydrogen-bond acceptors (Lipinski definition) is 2. The summed E-state index contributed by atoms with van der Waals surface area (Å²) in [5, 5.41) is 3.55. The van der Waals surface area contributed by atoms with Crippen LogP contribution in [0.4, 0.5) is 0 Å². The number of hydrogen-bond donors (Lipinski definition) is 1. The molecule has 2 nitrogen and oxygen atoms in total. The highest BCUT2D eigenvalue weighted by atomic mass is 16.5. The van der Waals surface area contributed by atoms with Gasteiger partial charge >= 0.3 is 0 Å². The molecule has 0 fully saturated rings. The van der Waals surface area contributed by atoms with Crippen molar-refractivity contribution in [2.24, 2.45) is 0 Å². The first-order valence-corrected chi connectivity index (χ1v) is 7.68. The van der Waals surface area contributed by atoms with Gasteiger partial charge in [-0.05, 0) is 43.9 Å². The van der Waals surface area contributed by atoms with Gasteiger partial charge < -0.3 is 10.1 Å². The Hall–Kier alpha value is -1.02. The molecule has 1 rings (SSSR count). The van der Waals surface area contributed by atoms with Gasteiger partial charge in [-0.3, -0.25) is 0 Å². The molecule has 1 atom stereocenters. The Bertz CT molecular complexity index is 330. The maximum absolute atomic E-state index is 5.92. The highest BCUT2D eigenvalue weighted by Crippen LogP contribution is 2.14. The van der Waals surface area contributed by atoms with E-state index in [-0.39, 0.29) is 6.10 Å². The van der Waals surface area contributed by atoms with Crippen LogP contribution in [0.5, 0.6) is 5.75 Å². The van der Waals surface area contributed by atoms with Crippen molar-refractivity contribution in [3.63, 3.8) is 0 Å². The summed E-state index contributed by atoms with van der Waals surface area (Å²) in [7, 11) is 0. The molecule has 0 saturated carbocycles. The van der Waals surface area contributed by atoms with Gasteiger partial charge in [0.2, 0.25) is 0 Å². The fraction of sp³-hybridized carbons (Fsp3) is 0.647. The molecular formula is C17H29NO. The average Bonchev–Trinajstić information content (AvgIpc) is 2.42. The van der Waals surface area contributed by atoms with Gasteiger partial charge in [0, 0.05) is 12.6 Å². The minimum Gasteiger partial charge on any atom is -0.489 e. The van der Waals surface area contributed by atoms with E-state index < -0.39 is 0 Å². The van der Waals surface area contributed by atoms with Crippen LogP contribution in [0.25, 0.3) is 0 Å². The summed E-state index contributed by atoms with van der Waals surface area (Å²) in [6, 6.07) is 9.11. The van der Waals surface area contributed by atoms with Crippen molar-refractivity contribution in [3.05, 3.63) is 29.8 Å². The molecule has 0 radical (unpaired) electrons. The molecule has 108 valence electrons. The maximum atomic E-state index is 5.92. The monoisotopic (exact) mass is 263 g/mol. The Morgan fingerprint density at radius 3 is 2.21 bits per heavy atom. The number of aryl methyl sites for hydroxylation is 1. The first-order chi connectivity index (χ1) is 9.19. The van der Waals surface area contributed by atoms with E-state index in [1.54, 1.807) is 0 Å². The van der Waals surface area contributed by atoms with Crippen LogP contribution in [0.15, 0.2) is 24.3 Å². The van der Waals surface area contributed by atoms with Gasteiger partial charge in [0.25, 0.3) is 0 Å².